The van der Waals surface area contributed by atoms with Gasteiger partial charge in [-0.3, -0.25) is 29.0 Å². The third-order valence-corrected chi connectivity index (χ3v) is 6.99. The molecule has 1 aliphatic heterocycles. The maximum Gasteiger partial charge on any atom is 0.322 e. The lowest BCUT2D eigenvalue weighted by atomic mass is 10.1. The molecule has 0 bridgehead atoms. The maximum atomic E-state index is 12.3. The monoisotopic (exact) mass is 630 g/mol. The molecule has 0 radical (unpaired) electrons. The molecule has 0 saturated carbocycles. The number of carboxylic acids is 1. The number of likely N-dealkylation sites (N-methyl/N-ethyl adjacent to an activating group) is 2. The predicted octanol–water partition coefficient (Wildman–Crippen LogP) is 5.58. The second-order valence-corrected chi connectivity index (χ2v) is 12.2. The molecule has 0 aliphatic carbocycles. The summed E-state index contributed by atoms with van der Waals surface area (Å²) in [7, 11) is 7.06. The van der Waals surface area contributed by atoms with Crippen molar-refractivity contribution < 1.29 is 43.2 Å². The molecule has 1 saturated heterocycles. The van der Waals surface area contributed by atoms with Crippen LogP contribution in [0.2, 0.25) is 0 Å². The molecule has 0 aromatic rings. The van der Waals surface area contributed by atoms with Gasteiger partial charge in [-0.1, -0.05) is 90.9 Å². The number of hydrogen-bond acceptors (Lipinski definition) is 10. The highest BCUT2D eigenvalue weighted by molar-refractivity contribution is 5.72. The Morgan fingerprint density at radius 3 is 1.64 bits per heavy atom. The van der Waals surface area contributed by atoms with E-state index in [1.165, 1.54) is 57.8 Å². The third-order valence-electron chi connectivity index (χ3n) is 6.99. The fraction of sp³-hybridized carbons (Fsp3) is 0.879. The summed E-state index contributed by atoms with van der Waals surface area (Å²) >= 11 is 0. The Labute approximate surface area is 266 Å². The van der Waals surface area contributed by atoms with Crippen LogP contribution in [0.4, 0.5) is 0 Å². The second-order valence-electron chi connectivity index (χ2n) is 12.2. The zero-order chi connectivity index (χ0) is 33.2. The van der Waals surface area contributed by atoms with Crippen molar-refractivity contribution in [1.82, 2.24) is 9.80 Å². The molecule has 0 unspecified atom stereocenters. The minimum absolute atomic E-state index is 0.0657. The van der Waals surface area contributed by atoms with E-state index in [-0.39, 0.29) is 32.1 Å². The van der Waals surface area contributed by atoms with Crippen LogP contribution in [0.3, 0.4) is 0 Å². The summed E-state index contributed by atoms with van der Waals surface area (Å²) in [6.45, 7) is 4.57. The van der Waals surface area contributed by atoms with Crippen molar-refractivity contribution in [2.24, 2.45) is 0 Å². The molecule has 0 aromatic heterocycles. The van der Waals surface area contributed by atoms with Crippen molar-refractivity contribution in [2.45, 2.75) is 141 Å². The van der Waals surface area contributed by atoms with Gasteiger partial charge in [0.15, 0.2) is 0 Å². The van der Waals surface area contributed by atoms with Crippen LogP contribution in [-0.4, -0.2) is 105 Å². The van der Waals surface area contributed by atoms with E-state index in [0.29, 0.717) is 12.8 Å². The van der Waals surface area contributed by atoms with Gasteiger partial charge in [0, 0.05) is 12.8 Å². The molecular weight excluding hydrogens is 568 g/mol. The van der Waals surface area contributed by atoms with Crippen LogP contribution in [0.15, 0.2) is 0 Å². The largest absolute Gasteiger partial charge is 0.481 e. The Bertz CT molecular complexity index is 776. The molecule has 1 heterocycles. The van der Waals surface area contributed by atoms with Crippen molar-refractivity contribution in [3.63, 3.8) is 0 Å². The summed E-state index contributed by atoms with van der Waals surface area (Å²) in [5.74, 6) is -1.81. The minimum Gasteiger partial charge on any atom is -0.481 e. The van der Waals surface area contributed by atoms with E-state index in [9.17, 15) is 19.2 Å². The minimum atomic E-state index is -0.837. The molecule has 1 N–H and O–H groups in total. The van der Waals surface area contributed by atoms with Gasteiger partial charge in [0.1, 0.15) is 18.8 Å². The van der Waals surface area contributed by atoms with E-state index < -0.39 is 36.4 Å². The summed E-state index contributed by atoms with van der Waals surface area (Å²) in [6, 6.07) is 0. The van der Waals surface area contributed by atoms with Gasteiger partial charge in [-0.05, 0) is 41.0 Å². The van der Waals surface area contributed by atoms with Gasteiger partial charge in [-0.25, -0.2) is 0 Å². The Kier molecular flexibility index (Phi) is 25.7. The van der Waals surface area contributed by atoms with Crippen LogP contribution in [-0.2, 0) is 38.1 Å². The zero-order valence-corrected chi connectivity index (χ0v) is 28.5. The van der Waals surface area contributed by atoms with E-state index >= 15 is 0 Å². The van der Waals surface area contributed by atoms with Crippen LogP contribution in [0.1, 0.15) is 123 Å². The number of carbonyl (C=O) groups is 4. The number of hydrogen-bond donors (Lipinski definition) is 1. The van der Waals surface area contributed by atoms with Crippen LogP contribution < -0.4 is 0 Å². The number of rotatable bonds is 24. The average molecular weight is 631 g/mol. The zero-order valence-electron chi connectivity index (χ0n) is 28.5. The Hall–Kier alpha value is -2.24. The molecule has 11 heteroatoms. The molecule has 1 rings (SSSR count). The Morgan fingerprint density at radius 2 is 1.14 bits per heavy atom. The maximum absolute atomic E-state index is 12.3. The van der Waals surface area contributed by atoms with Crippen LogP contribution in [0.25, 0.3) is 0 Å². The van der Waals surface area contributed by atoms with Crippen molar-refractivity contribution in [2.75, 3.05) is 47.9 Å². The summed E-state index contributed by atoms with van der Waals surface area (Å²) in [5.41, 5.74) is 0. The van der Waals surface area contributed by atoms with Gasteiger partial charge in [-0.15, -0.1) is 0 Å². The SMILES string of the molecule is CCCCCCCCCC(=O)O.CCCCCCCCCC(=O)O[C@@H]1C[C@H](OC(=O)CN(C)C)O[C@@H]1COC(=O)CN(C)C. The van der Waals surface area contributed by atoms with E-state index in [0.717, 1.165) is 32.1 Å². The molecule has 0 spiro atoms. The number of esters is 3. The molecule has 0 amide bonds. The molecule has 44 heavy (non-hydrogen) atoms. The van der Waals surface area contributed by atoms with E-state index in [1.54, 1.807) is 38.0 Å². The normalized spacial score (nSPS) is 17.7. The lowest BCUT2D eigenvalue weighted by Gasteiger charge is -2.19. The van der Waals surface area contributed by atoms with Gasteiger partial charge in [0.25, 0.3) is 0 Å². The number of aliphatic carboxylic acids is 1. The van der Waals surface area contributed by atoms with E-state index in [1.807, 2.05) is 0 Å². The molecule has 11 nitrogen and oxygen atoms in total. The fourth-order valence-electron chi connectivity index (χ4n) is 4.63. The number of nitrogens with zero attached hydrogens (tertiary/aromatic N) is 2. The van der Waals surface area contributed by atoms with Gasteiger partial charge in [0.05, 0.1) is 19.5 Å². The quantitative estimate of drug-likeness (QED) is 0.0815. The summed E-state index contributed by atoms with van der Waals surface area (Å²) < 4.78 is 21.9. The van der Waals surface area contributed by atoms with Crippen molar-refractivity contribution in [1.29, 1.82) is 0 Å². The van der Waals surface area contributed by atoms with Crippen molar-refractivity contribution in [3.05, 3.63) is 0 Å². The summed E-state index contributed by atoms with van der Waals surface area (Å²) in [4.78, 5) is 49.7. The van der Waals surface area contributed by atoms with Crippen LogP contribution in [0.5, 0.6) is 0 Å². The van der Waals surface area contributed by atoms with Crippen molar-refractivity contribution in [3.8, 4) is 0 Å². The highest BCUT2D eigenvalue weighted by Crippen LogP contribution is 2.26. The van der Waals surface area contributed by atoms with Gasteiger partial charge in [-0.2, -0.15) is 0 Å². The standard InChI is InChI=1S/C23H42N2O7.C10H20O2/c1-6-7-8-9-10-11-12-13-20(26)30-18-14-23(32-22(28)16-25(4)5)31-19(18)17-29-21(27)15-24(2)3;1-2-3-4-5-6-7-8-9-10(11)12/h18-19,23H,6-17H2,1-5H3;2-9H2,1H3,(H,11,12)/t18-,19-,23+;/m1./s1. The number of unbranched alkanes of at least 4 members (excludes halogenated alkanes) is 12. The fourth-order valence-corrected chi connectivity index (χ4v) is 4.63. The van der Waals surface area contributed by atoms with Gasteiger partial charge < -0.3 is 24.1 Å². The highest BCUT2D eigenvalue weighted by atomic mass is 16.7. The van der Waals surface area contributed by atoms with Gasteiger partial charge >= 0.3 is 23.9 Å². The Balaban J connectivity index is 0.00000129. The summed E-state index contributed by atoms with van der Waals surface area (Å²) in [6.07, 6.45) is 14.9. The van der Waals surface area contributed by atoms with Crippen LogP contribution in [0, 0.1) is 0 Å². The third kappa shape index (κ3) is 25.1. The first kappa shape index (κ1) is 41.8. The molecule has 0 aromatic carbocycles. The topological polar surface area (TPSA) is 132 Å². The molecule has 3 atom stereocenters. The lowest BCUT2D eigenvalue weighted by molar-refractivity contribution is -0.183. The highest BCUT2D eigenvalue weighted by Gasteiger charge is 2.40. The summed E-state index contributed by atoms with van der Waals surface area (Å²) in [5, 5.41) is 8.35. The molecule has 1 fully saturated rings. The second kappa shape index (κ2) is 27.1. The van der Waals surface area contributed by atoms with E-state index in [2.05, 4.69) is 13.8 Å². The first-order valence-electron chi connectivity index (χ1n) is 16.7. The van der Waals surface area contributed by atoms with Crippen molar-refractivity contribution >= 4 is 23.9 Å². The molecule has 258 valence electrons. The number of carbonyl (C=O) groups excluding carboxylic acids is 3. The smallest absolute Gasteiger partial charge is 0.322 e. The number of ether oxygens (including phenoxy) is 4. The molecule has 1 aliphatic rings. The Morgan fingerprint density at radius 1 is 0.659 bits per heavy atom. The average Bonchev–Trinajstić information content (AvgIpc) is 3.30. The molecular formula is C33H62N2O9. The number of carboxylic acid groups (broad SMARTS) is 1. The van der Waals surface area contributed by atoms with E-state index in [4.69, 9.17) is 24.1 Å². The van der Waals surface area contributed by atoms with Crippen LogP contribution >= 0.6 is 0 Å². The van der Waals surface area contributed by atoms with Gasteiger partial charge in [0.2, 0.25) is 6.29 Å². The lowest BCUT2D eigenvalue weighted by Crippen LogP contribution is -2.34. The predicted molar refractivity (Wildman–Crippen MR) is 170 cm³/mol. The first-order chi connectivity index (χ1) is 21.0. The first-order valence-corrected chi connectivity index (χ1v) is 16.7.